The molecule has 1 N–H and O–H groups in total. The van der Waals surface area contributed by atoms with Crippen LogP contribution in [-0.4, -0.2) is 39.2 Å². The van der Waals surface area contributed by atoms with Crippen molar-refractivity contribution in [2.75, 3.05) is 28.3 Å². The molecule has 0 aromatic heterocycles. The molecule has 0 aliphatic rings. The first kappa shape index (κ1) is 15.1. The number of amides is 2. The van der Waals surface area contributed by atoms with E-state index >= 15 is 0 Å². The number of benzene rings is 1. The second-order valence-corrected chi connectivity index (χ2v) is 4.43. The maximum Gasteiger partial charge on any atom is 0.317 e. The third-order valence-corrected chi connectivity index (χ3v) is 3.26. The Morgan fingerprint density at radius 3 is 2.37 bits per heavy atom. The maximum absolute atomic E-state index is 11.6. The summed E-state index contributed by atoms with van der Waals surface area (Å²) in [6.07, 6.45) is 0. The zero-order valence-electron chi connectivity index (χ0n) is 12.5. The highest BCUT2D eigenvalue weighted by Crippen LogP contribution is 2.33. The van der Waals surface area contributed by atoms with Crippen molar-refractivity contribution >= 4 is 6.03 Å². The van der Waals surface area contributed by atoms with Crippen molar-refractivity contribution in [2.24, 2.45) is 0 Å². The predicted molar refractivity (Wildman–Crippen MR) is 74.9 cm³/mol. The Labute approximate surface area is 114 Å². The maximum atomic E-state index is 11.6. The molecule has 1 aromatic rings. The van der Waals surface area contributed by atoms with Crippen LogP contribution in [0.3, 0.4) is 0 Å². The summed E-state index contributed by atoms with van der Waals surface area (Å²) < 4.78 is 10.8. The second kappa shape index (κ2) is 6.31. The normalized spacial score (nSPS) is 10.0. The molecule has 106 valence electrons. The molecule has 5 heteroatoms. The molecule has 2 amide bonds. The van der Waals surface area contributed by atoms with Crippen LogP contribution in [-0.2, 0) is 6.54 Å². The van der Waals surface area contributed by atoms with Gasteiger partial charge in [-0.15, -0.1) is 0 Å². The van der Waals surface area contributed by atoms with E-state index in [4.69, 9.17) is 9.47 Å². The number of nitrogens with zero attached hydrogens (tertiary/aromatic N) is 1. The Hall–Kier alpha value is -1.91. The van der Waals surface area contributed by atoms with Crippen molar-refractivity contribution in [1.82, 2.24) is 10.2 Å². The molecule has 19 heavy (non-hydrogen) atoms. The zero-order chi connectivity index (χ0) is 14.6. The van der Waals surface area contributed by atoms with E-state index in [1.165, 1.54) is 0 Å². The summed E-state index contributed by atoms with van der Waals surface area (Å²) >= 11 is 0. The van der Waals surface area contributed by atoms with Crippen molar-refractivity contribution in [3.8, 4) is 11.5 Å². The first-order valence-corrected chi connectivity index (χ1v) is 6.10. The van der Waals surface area contributed by atoms with Gasteiger partial charge in [0.05, 0.1) is 20.8 Å². The first-order valence-electron chi connectivity index (χ1n) is 6.10. The third kappa shape index (κ3) is 3.10. The summed E-state index contributed by atoms with van der Waals surface area (Å²) in [5.41, 5.74) is 3.00. The molecule has 1 rings (SSSR count). The van der Waals surface area contributed by atoms with E-state index in [9.17, 15) is 4.79 Å². The minimum absolute atomic E-state index is 0.140. The Bertz CT molecular complexity index is 472. The topological polar surface area (TPSA) is 50.8 Å². The zero-order valence-corrected chi connectivity index (χ0v) is 12.5. The highest BCUT2D eigenvalue weighted by Gasteiger charge is 2.16. The molecule has 0 radical (unpaired) electrons. The number of urea groups is 1. The quantitative estimate of drug-likeness (QED) is 0.908. The standard InChI is InChI=1S/C14H22N2O3/c1-9-10(2)13(19-6)11(7-12(9)18-5)8-16(4)14(17)15-3/h7H,8H2,1-6H3,(H,15,17). The molecule has 1 aromatic carbocycles. The molecule has 0 atom stereocenters. The SMILES string of the molecule is CNC(=O)N(C)Cc1cc(OC)c(C)c(C)c1OC. The molecular formula is C14H22N2O3. The molecule has 0 bridgehead atoms. The lowest BCUT2D eigenvalue weighted by molar-refractivity contribution is 0.208. The van der Waals surface area contributed by atoms with Gasteiger partial charge in [0.25, 0.3) is 0 Å². The van der Waals surface area contributed by atoms with Gasteiger partial charge in [0.15, 0.2) is 0 Å². The molecule has 0 unspecified atom stereocenters. The smallest absolute Gasteiger partial charge is 0.317 e. The lowest BCUT2D eigenvalue weighted by atomic mass is 10.0. The molecule has 0 heterocycles. The van der Waals surface area contributed by atoms with Gasteiger partial charge in [-0.1, -0.05) is 0 Å². The van der Waals surface area contributed by atoms with E-state index in [2.05, 4.69) is 5.32 Å². The van der Waals surface area contributed by atoms with Gasteiger partial charge in [0.1, 0.15) is 11.5 Å². The first-order chi connectivity index (χ1) is 8.96. The number of ether oxygens (including phenoxy) is 2. The fraction of sp³-hybridized carbons (Fsp3) is 0.500. The van der Waals surface area contributed by atoms with Gasteiger partial charge in [-0.25, -0.2) is 4.79 Å². The third-order valence-electron chi connectivity index (χ3n) is 3.26. The number of nitrogens with one attached hydrogen (secondary N) is 1. The van der Waals surface area contributed by atoms with E-state index in [0.717, 1.165) is 28.2 Å². The largest absolute Gasteiger partial charge is 0.496 e. The minimum Gasteiger partial charge on any atom is -0.496 e. The fourth-order valence-electron chi connectivity index (χ4n) is 2.06. The number of hydrogen-bond donors (Lipinski definition) is 1. The summed E-state index contributed by atoms with van der Waals surface area (Å²) in [5, 5.41) is 2.59. The summed E-state index contributed by atoms with van der Waals surface area (Å²) in [6, 6.07) is 1.78. The fourth-order valence-corrected chi connectivity index (χ4v) is 2.06. The van der Waals surface area contributed by atoms with Crippen LogP contribution in [0.1, 0.15) is 16.7 Å². The van der Waals surface area contributed by atoms with Gasteiger partial charge in [-0.2, -0.15) is 0 Å². The monoisotopic (exact) mass is 266 g/mol. The van der Waals surface area contributed by atoms with E-state index in [-0.39, 0.29) is 6.03 Å². The van der Waals surface area contributed by atoms with Crippen molar-refractivity contribution < 1.29 is 14.3 Å². The summed E-state index contributed by atoms with van der Waals surface area (Å²) in [7, 11) is 6.62. The van der Waals surface area contributed by atoms with Crippen LogP contribution in [0, 0.1) is 13.8 Å². The highest BCUT2D eigenvalue weighted by molar-refractivity contribution is 5.73. The van der Waals surface area contributed by atoms with Crippen LogP contribution < -0.4 is 14.8 Å². The summed E-state index contributed by atoms with van der Waals surface area (Å²) in [4.78, 5) is 13.2. The van der Waals surface area contributed by atoms with Crippen LogP contribution in [0.4, 0.5) is 4.79 Å². The number of methoxy groups -OCH3 is 2. The molecule has 0 aliphatic carbocycles. The molecule has 0 aliphatic heterocycles. The molecule has 0 saturated heterocycles. The number of hydrogen-bond acceptors (Lipinski definition) is 3. The van der Waals surface area contributed by atoms with Crippen molar-refractivity contribution in [2.45, 2.75) is 20.4 Å². The van der Waals surface area contributed by atoms with Gasteiger partial charge in [-0.05, 0) is 31.0 Å². The molecular weight excluding hydrogens is 244 g/mol. The Morgan fingerprint density at radius 1 is 1.26 bits per heavy atom. The Kier molecular flexibility index (Phi) is 5.03. The molecule has 0 fully saturated rings. The van der Waals surface area contributed by atoms with Gasteiger partial charge >= 0.3 is 6.03 Å². The van der Waals surface area contributed by atoms with Gasteiger partial charge in [0.2, 0.25) is 0 Å². The van der Waals surface area contributed by atoms with E-state index in [0.29, 0.717) is 6.54 Å². The van der Waals surface area contributed by atoms with Crippen LogP contribution in [0.25, 0.3) is 0 Å². The lowest BCUT2D eigenvalue weighted by Gasteiger charge is -2.21. The molecule has 5 nitrogen and oxygen atoms in total. The highest BCUT2D eigenvalue weighted by atomic mass is 16.5. The van der Waals surface area contributed by atoms with Crippen molar-refractivity contribution in [3.63, 3.8) is 0 Å². The van der Waals surface area contributed by atoms with Crippen molar-refractivity contribution in [1.29, 1.82) is 0 Å². The molecule has 0 spiro atoms. The van der Waals surface area contributed by atoms with Crippen molar-refractivity contribution in [3.05, 3.63) is 22.8 Å². The number of rotatable bonds is 4. The van der Waals surface area contributed by atoms with E-state index in [1.54, 1.807) is 33.2 Å². The van der Waals surface area contributed by atoms with Gasteiger partial charge in [-0.3, -0.25) is 0 Å². The van der Waals surface area contributed by atoms with Crippen LogP contribution in [0.5, 0.6) is 11.5 Å². The number of carbonyl (C=O) groups excluding carboxylic acids is 1. The van der Waals surface area contributed by atoms with E-state index in [1.807, 2.05) is 19.9 Å². The van der Waals surface area contributed by atoms with E-state index < -0.39 is 0 Å². The summed E-state index contributed by atoms with van der Waals surface area (Å²) in [5.74, 6) is 1.60. The van der Waals surface area contributed by atoms with Gasteiger partial charge in [0, 0.05) is 19.7 Å². The average Bonchev–Trinajstić information content (AvgIpc) is 2.41. The number of carbonyl (C=O) groups is 1. The second-order valence-electron chi connectivity index (χ2n) is 4.43. The Morgan fingerprint density at radius 2 is 1.89 bits per heavy atom. The van der Waals surface area contributed by atoms with Crippen LogP contribution >= 0.6 is 0 Å². The summed E-state index contributed by atoms with van der Waals surface area (Å²) in [6.45, 7) is 4.43. The minimum atomic E-state index is -0.140. The average molecular weight is 266 g/mol. The molecule has 0 saturated carbocycles. The predicted octanol–water partition coefficient (Wildman–Crippen LogP) is 2.09. The van der Waals surface area contributed by atoms with Gasteiger partial charge < -0.3 is 19.7 Å². The lowest BCUT2D eigenvalue weighted by Crippen LogP contribution is -2.34. The van der Waals surface area contributed by atoms with Crippen LogP contribution in [0.15, 0.2) is 6.07 Å². The Balaban J connectivity index is 3.19. The van der Waals surface area contributed by atoms with Crippen LogP contribution in [0.2, 0.25) is 0 Å².